The SMILES string of the molecule is CO[C@@]12CC[C@H](OCC(=O)O)C[C@@H]1N(CCc1cn[nH]c1)CC2. The Balaban J connectivity index is 1.61. The molecule has 0 spiro atoms. The number of aromatic amines is 1. The Bertz CT molecular complexity index is 521. The van der Waals surface area contributed by atoms with Crippen molar-refractivity contribution in [3.8, 4) is 0 Å². The molecule has 0 radical (unpaired) electrons. The number of methoxy groups -OCH3 is 1. The molecule has 2 N–H and O–H groups in total. The molecule has 23 heavy (non-hydrogen) atoms. The van der Waals surface area contributed by atoms with Crippen molar-refractivity contribution < 1.29 is 19.4 Å². The first-order valence-corrected chi connectivity index (χ1v) is 8.23. The summed E-state index contributed by atoms with van der Waals surface area (Å²) >= 11 is 0. The Morgan fingerprint density at radius 1 is 1.57 bits per heavy atom. The van der Waals surface area contributed by atoms with Gasteiger partial charge in [0, 0.05) is 32.4 Å². The van der Waals surface area contributed by atoms with Crippen LogP contribution in [0, 0.1) is 0 Å². The molecule has 3 atom stereocenters. The van der Waals surface area contributed by atoms with E-state index in [0.29, 0.717) is 6.04 Å². The summed E-state index contributed by atoms with van der Waals surface area (Å²) in [6, 6.07) is 0.298. The Hall–Kier alpha value is -1.44. The van der Waals surface area contributed by atoms with Crippen molar-refractivity contribution in [3.63, 3.8) is 0 Å². The minimum Gasteiger partial charge on any atom is -0.480 e. The zero-order valence-corrected chi connectivity index (χ0v) is 13.5. The van der Waals surface area contributed by atoms with Crippen molar-refractivity contribution in [2.24, 2.45) is 0 Å². The van der Waals surface area contributed by atoms with Crippen molar-refractivity contribution in [2.75, 3.05) is 26.8 Å². The van der Waals surface area contributed by atoms with Crippen LogP contribution in [0.2, 0.25) is 0 Å². The van der Waals surface area contributed by atoms with E-state index in [1.807, 2.05) is 12.4 Å². The molecule has 0 amide bonds. The number of carbonyl (C=O) groups is 1. The summed E-state index contributed by atoms with van der Waals surface area (Å²) < 4.78 is 11.5. The van der Waals surface area contributed by atoms with Gasteiger partial charge in [-0.3, -0.25) is 10.00 Å². The lowest BCUT2D eigenvalue weighted by Crippen LogP contribution is -2.52. The second kappa shape index (κ2) is 6.98. The van der Waals surface area contributed by atoms with E-state index in [2.05, 4.69) is 15.1 Å². The molecule has 2 aliphatic rings. The fraction of sp³-hybridized carbons (Fsp3) is 0.750. The molecule has 0 bridgehead atoms. The summed E-state index contributed by atoms with van der Waals surface area (Å²) in [5, 5.41) is 15.6. The van der Waals surface area contributed by atoms with Gasteiger partial charge in [-0.1, -0.05) is 0 Å². The van der Waals surface area contributed by atoms with Crippen LogP contribution in [0.25, 0.3) is 0 Å². The maximum atomic E-state index is 10.7. The topological polar surface area (TPSA) is 87.7 Å². The lowest BCUT2D eigenvalue weighted by atomic mass is 9.79. The summed E-state index contributed by atoms with van der Waals surface area (Å²) in [4.78, 5) is 13.2. The van der Waals surface area contributed by atoms with Gasteiger partial charge >= 0.3 is 5.97 Å². The molecule has 1 aromatic rings. The van der Waals surface area contributed by atoms with Crippen molar-refractivity contribution >= 4 is 5.97 Å². The molecule has 2 fully saturated rings. The quantitative estimate of drug-likeness (QED) is 0.780. The van der Waals surface area contributed by atoms with E-state index in [9.17, 15) is 4.79 Å². The van der Waals surface area contributed by atoms with Gasteiger partial charge in [0.2, 0.25) is 0 Å². The Labute approximate surface area is 136 Å². The van der Waals surface area contributed by atoms with Crippen LogP contribution in [0.4, 0.5) is 0 Å². The van der Waals surface area contributed by atoms with Gasteiger partial charge < -0.3 is 14.6 Å². The van der Waals surface area contributed by atoms with E-state index in [-0.39, 0.29) is 18.3 Å². The number of fused-ring (bicyclic) bond motifs is 1. The number of hydrogen-bond acceptors (Lipinski definition) is 5. The highest BCUT2D eigenvalue weighted by Crippen LogP contribution is 2.43. The predicted octanol–water partition coefficient (Wildman–Crippen LogP) is 1.07. The van der Waals surface area contributed by atoms with E-state index >= 15 is 0 Å². The maximum Gasteiger partial charge on any atom is 0.329 e. The van der Waals surface area contributed by atoms with Gasteiger partial charge in [0.05, 0.1) is 17.9 Å². The fourth-order valence-corrected chi connectivity index (χ4v) is 4.05. The summed E-state index contributed by atoms with van der Waals surface area (Å²) in [6.45, 7) is 1.76. The van der Waals surface area contributed by atoms with Crippen molar-refractivity contribution in [3.05, 3.63) is 18.0 Å². The van der Waals surface area contributed by atoms with Gasteiger partial charge in [-0.15, -0.1) is 0 Å². The molecule has 1 aliphatic heterocycles. The van der Waals surface area contributed by atoms with Crippen molar-refractivity contribution in [1.29, 1.82) is 0 Å². The molecule has 7 heteroatoms. The molecule has 7 nitrogen and oxygen atoms in total. The van der Waals surface area contributed by atoms with Crippen molar-refractivity contribution in [1.82, 2.24) is 15.1 Å². The standard InChI is InChI=1S/C16H25N3O4/c1-22-16-4-2-13(23-11-15(20)21)8-14(16)19(7-5-16)6-3-12-9-17-18-10-12/h9-10,13-14H,2-8,11H2,1H3,(H,17,18)(H,20,21)/t13-,14-,16+/m0/s1. The summed E-state index contributed by atoms with van der Waals surface area (Å²) in [5.41, 5.74) is 1.11. The van der Waals surface area contributed by atoms with Crippen LogP contribution >= 0.6 is 0 Å². The lowest BCUT2D eigenvalue weighted by Gasteiger charge is -2.43. The first kappa shape index (κ1) is 16.4. The molecule has 0 aromatic carbocycles. The normalized spacial score (nSPS) is 31.2. The number of carboxylic acids is 1. The first-order chi connectivity index (χ1) is 11.1. The smallest absolute Gasteiger partial charge is 0.329 e. The molecule has 0 unspecified atom stereocenters. The minimum absolute atomic E-state index is 0.00824. The lowest BCUT2D eigenvalue weighted by molar-refractivity contribution is -0.148. The van der Waals surface area contributed by atoms with Crippen LogP contribution in [-0.4, -0.2) is 70.7 Å². The van der Waals surface area contributed by atoms with E-state index in [1.165, 1.54) is 5.56 Å². The van der Waals surface area contributed by atoms with Crippen LogP contribution in [0.5, 0.6) is 0 Å². The summed E-state index contributed by atoms with van der Waals surface area (Å²) in [6.07, 6.45) is 8.42. The summed E-state index contributed by atoms with van der Waals surface area (Å²) in [5.74, 6) is -0.906. The maximum absolute atomic E-state index is 10.7. The molecule has 2 heterocycles. The molecular formula is C16H25N3O4. The fourth-order valence-electron chi connectivity index (χ4n) is 4.05. The van der Waals surface area contributed by atoms with Crippen LogP contribution in [0.15, 0.2) is 12.4 Å². The zero-order chi connectivity index (χ0) is 16.3. The van der Waals surface area contributed by atoms with E-state index < -0.39 is 5.97 Å². The number of nitrogens with one attached hydrogen (secondary N) is 1. The number of nitrogens with zero attached hydrogens (tertiary/aromatic N) is 2. The van der Waals surface area contributed by atoms with Gasteiger partial charge in [-0.2, -0.15) is 5.10 Å². The number of H-pyrrole nitrogens is 1. The molecule has 3 rings (SSSR count). The third-order valence-corrected chi connectivity index (χ3v) is 5.34. The van der Waals surface area contributed by atoms with Crippen molar-refractivity contribution in [2.45, 2.75) is 49.9 Å². The number of rotatable bonds is 7. The average Bonchev–Trinajstić information content (AvgIpc) is 3.18. The highest BCUT2D eigenvalue weighted by molar-refractivity contribution is 5.68. The van der Waals surface area contributed by atoms with Gasteiger partial charge in [0.25, 0.3) is 0 Å². The summed E-state index contributed by atoms with van der Waals surface area (Å²) in [7, 11) is 1.80. The van der Waals surface area contributed by atoms with E-state index in [0.717, 1.165) is 45.2 Å². The number of ether oxygens (including phenoxy) is 2. The number of carboxylic acid groups (broad SMARTS) is 1. The van der Waals surface area contributed by atoms with Crippen LogP contribution < -0.4 is 0 Å². The average molecular weight is 323 g/mol. The second-order valence-corrected chi connectivity index (χ2v) is 6.53. The van der Waals surface area contributed by atoms with Crippen LogP contribution in [-0.2, 0) is 20.7 Å². The van der Waals surface area contributed by atoms with Gasteiger partial charge in [0.15, 0.2) is 0 Å². The van der Waals surface area contributed by atoms with E-state index in [4.69, 9.17) is 14.6 Å². The third-order valence-electron chi connectivity index (χ3n) is 5.34. The second-order valence-electron chi connectivity index (χ2n) is 6.53. The van der Waals surface area contributed by atoms with Crippen LogP contribution in [0.3, 0.4) is 0 Å². The largest absolute Gasteiger partial charge is 0.480 e. The molecule has 1 aromatic heterocycles. The van der Waals surface area contributed by atoms with E-state index in [1.54, 1.807) is 7.11 Å². The minimum atomic E-state index is -0.906. The first-order valence-electron chi connectivity index (χ1n) is 8.23. The van der Waals surface area contributed by atoms with Gasteiger partial charge in [0.1, 0.15) is 6.61 Å². The Morgan fingerprint density at radius 3 is 3.13 bits per heavy atom. The Morgan fingerprint density at radius 2 is 2.43 bits per heavy atom. The molecule has 1 saturated carbocycles. The molecule has 1 saturated heterocycles. The Kier molecular flexibility index (Phi) is 4.99. The number of hydrogen-bond donors (Lipinski definition) is 2. The zero-order valence-electron chi connectivity index (χ0n) is 13.5. The highest BCUT2D eigenvalue weighted by Gasteiger charge is 2.51. The molecular weight excluding hydrogens is 298 g/mol. The third kappa shape index (κ3) is 3.57. The number of aromatic nitrogens is 2. The molecule has 128 valence electrons. The number of likely N-dealkylation sites (tertiary alicyclic amines) is 1. The van der Waals surface area contributed by atoms with Gasteiger partial charge in [-0.25, -0.2) is 4.79 Å². The molecule has 1 aliphatic carbocycles. The number of aliphatic carboxylic acids is 1. The van der Waals surface area contributed by atoms with Crippen LogP contribution in [0.1, 0.15) is 31.2 Å². The predicted molar refractivity (Wildman–Crippen MR) is 83.2 cm³/mol. The monoisotopic (exact) mass is 323 g/mol. The highest BCUT2D eigenvalue weighted by atomic mass is 16.5. The van der Waals surface area contributed by atoms with Gasteiger partial charge in [-0.05, 0) is 37.7 Å².